The molecule has 18 heavy (non-hydrogen) atoms. The first-order valence-corrected chi connectivity index (χ1v) is 6.77. The molecule has 5 heteroatoms. The maximum Gasteiger partial charge on any atom is 0.197 e. The summed E-state index contributed by atoms with van der Waals surface area (Å²) in [6.45, 7) is 0. The van der Waals surface area contributed by atoms with Crippen LogP contribution < -0.4 is 5.32 Å². The van der Waals surface area contributed by atoms with Crippen LogP contribution in [0.2, 0.25) is 10.0 Å². The van der Waals surface area contributed by atoms with Gasteiger partial charge in [0, 0.05) is 12.3 Å². The summed E-state index contributed by atoms with van der Waals surface area (Å²) in [5.74, 6) is -0.0457. The monoisotopic (exact) mass is 297 g/mol. The van der Waals surface area contributed by atoms with Gasteiger partial charge in [0.2, 0.25) is 0 Å². The Labute approximate surface area is 119 Å². The van der Waals surface area contributed by atoms with Gasteiger partial charge in [0.05, 0.1) is 20.6 Å². The molecule has 0 saturated heterocycles. The molecule has 1 heterocycles. The maximum atomic E-state index is 11.7. The Morgan fingerprint density at radius 2 is 2.06 bits per heavy atom. The molecule has 0 spiro atoms. The second-order valence-corrected chi connectivity index (χ2v) is 5.15. The van der Waals surface area contributed by atoms with Gasteiger partial charge in [-0.25, -0.2) is 0 Å². The van der Waals surface area contributed by atoms with Crippen molar-refractivity contribution in [2.45, 2.75) is 0 Å². The predicted molar refractivity (Wildman–Crippen MR) is 77.9 cm³/mol. The Morgan fingerprint density at radius 3 is 2.78 bits per heavy atom. The maximum absolute atomic E-state index is 11.7. The Balaban J connectivity index is 2.03. The van der Waals surface area contributed by atoms with E-state index < -0.39 is 0 Å². The van der Waals surface area contributed by atoms with E-state index >= 15 is 0 Å². The normalized spacial score (nSPS) is 10.8. The minimum Gasteiger partial charge on any atom is -0.360 e. The molecule has 0 bridgehead atoms. The van der Waals surface area contributed by atoms with Crippen molar-refractivity contribution in [1.29, 1.82) is 0 Å². The number of nitrogens with one attached hydrogen (secondary N) is 1. The van der Waals surface area contributed by atoms with Crippen molar-refractivity contribution >= 4 is 46.0 Å². The summed E-state index contributed by atoms with van der Waals surface area (Å²) >= 11 is 13.3. The standard InChI is InChI=1S/C13H9Cl2NOS/c14-9-3-1-4-10(13(9)15)16-7-6-11(17)12-5-2-8-18-12/h1-8,16H/b7-6+. The largest absolute Gasteiger partial charge is 0.360 e. The van der Waals surface area contributed by atoms with E-state index in [0.717, 1.165) is 0 Å². The van der Waals surface area contributed by atoms with E-state index in [1.807, 2.05) is 11.4 Å². The zero-order valence-corrected chi connectivity index (χ0v) is 11.5. The average molecular weight is 298 g/mol. The highest BCUT2D eigenvalue weighted by Crippen LogP contribution is 2.29. The summed E-state index contributed by atoms with van der Waals surface area (Å²) < 4.78 is 0. The van der Waals surface area contributed by atoms with Gasteiger partial charge in [-0.2, -0.15) is 0 Å². The molecule has 0 saturated carbocycles. The SMILES string of the molecule is O=C(/C=C/Nc1cccc(Cl)c1Cl)c1cccs1. The average Bonchev–Trinajstić information content (AvgIpc) is 2.88. The summed E-state index contributed by atoms with van der Waals surface area (Å²) in [5, 5.41) is 5.71. The molecule has 0 amide bonds. The number of ketones is 1. The van der Waals surface area contributed by atoms with E-state index in [-0.39, 0.29) is 5.78 Å². The Kier molecular flexibility index (Phi) is 4.42. The molecule has 1 aromatic carbocycles. The minimum atomic E-state index is -0.0457. The van der Waals surface area contributed by atoms with E-state index in [1.54, 1.807) is 30.5 Å². The summed E-state index contributed by atoms with van der Waals surface area (Å²) in [5.41, 5.74) is 0.666. The fourth-order valence-electron chi connectivity index (χ4n) is 1.32. The Hall–Kier alpha value is -1.29. The second kappa shape index (κ2) is 6.05. The lowest BCUT2D eigenvalue weighted by molar-refractivity contribution is 0.105. The van der Waals surface area contributed by atoms with Crippen molar-refractivity contribution in [3.05, 3.63) is 62.9 Å². The van der Waals surface area contributed by atoms with E-state index in [9.17, 15) is 4.79 Å². The smallest absolute Gasteiger partial charge is 0.197 e. The van der Waals surface area contributed by atoms with Gasteiger partial charge in [-0.05, 0) is 23.6 Å². The Bertz CT molecular complexity index is 579. The molecule has 0 aliphatic heterocycles. The molecular weight excluding hydrogens is 289 g/mol. The topological polar surface area (TPSA) is 29.1 Å². The van der Waals surface area contributed by atoms with Crippen molar-refractivity contribution in [3.8, 4) is 0 Å². The van der Waals surface area contributed by atoms with Gasteiger partial charge < -0.3 is 5.32 Å². The molecule has 0 fully saturated rings. The van der Waals surface area contributed by atoms with E-state index in [1.165, 1.54) is 17.4 Å². The summed E-state index contributed by atoms with van der Waals surface area (Å²) in [6, 6.07) is 8.89. The summed E-state index contributed by atoms with van der Waals surface area (Å²) in [4.78, 5) is 12.4. The Morgan fingerprint density at radius 1 is 1.22 bits per heavy atom. The fourth-order valence-corrected chi connectivity index (χ4v) is 2.32. The third-order valence-electron chi connectivity index (χ3n) is 2.19. The second-order valence-electron chi connectivity index (χ2n) is 3.42. The summed E-state index contributed by atoms with van der Waals surface area (Å²) in [6.07, 6.45) is 3.02. The van der Waals surface area contributed by atoms with Crippen molar-refractivity contribution in [2.75, 3.05) is 5.32 Å². The van der Waals surface area contributed by atoms with E-state index in [4.69, 9.17) is 23.2 Å². The first-order valence-electron chi connectivity index (χ1n) is 5.13. The lowest BCUT2D eigenvalue weighted by atomic mass is 10.3. The van der Waals surface area contributed by atoms with Crippen molar-refractivity contribution in [3.63, 3.8) is 0 Å². The highest BCUT2D eigenvalue weighted by atomic mass is 35.5. The number of halogens is 2. The first kappa shape index (κ1) is 13.1. The lowest BCUT2D eigenvalue weighted by Crippen LogP contribution is -1.94. The van der Waals surface area contributed by atoms with Gasteiger partial charge in [-0.15, -0.1) is 11.3 Å². The van der Waals surface area contributed by atoms with Gasteiger partial charge >= 0.3 is 0 Å². The van der Waals surface area contributed by atoms with Crippen LogP contribution in [0.25, 0.3) is 0 Å². The van der Waals surface area contributed by atoms with E-state index in [2.05, 4.69) is 5.32 Å². The molecule has 2 rings (SSSR count). The van der Waals surface area contributed by atoms with E-state index in [0.29, 0.717) is 20.6 Å². The fraction of sp³-hybridized carbons (Fsp3) is 0. The molecule has 0 aliphatic rings. The van der Waals surface area contributed by atoms with Crippen LogP contribution in [-0.4, -0.2) is 5.78 Å². The molecular formula is C13H9Cl2NOS. The van der Waals surface area contributed by atoms with Crippen molar-refractivity contribution in [1.82, 2.24) is 0 Å². The quantitative estimate of drug-likeness (QED) is 0.645. The molecule has 0 atom stereocenters. The van der Waals surface area contributed by atoms with Crippen LogP contribution in [0.3, 0.4) is 0 Å². The number of hydrogen-bond acceptors (Lipinski definition) is 3. The molecule has 0 aliphatic carbocycles. The molecule has 92 valence electrons. The molecule has 0 radical (unpaired) electrons. The number of allylic oxidation sites excluding steroid dienone is 1. The van der Waals surface area contributed by atoms with Gasteiger partial charge in [0.25, 0.3) is 0 Å². The lowest BCUT2D eigenvalue weighted by Gasteiger charge is -2.04. The number of thiophene rings is 1. The molecule has 1 aromatic heterocycles. The van der Waals surface area contributed by atoms with Crippen LogP contribution in [0.15, 0.2) is 48.0 Å². The number of carbonyl (C=O) groups excluding carboxylic acids is 1. The van der Waals surface area contributed by atoms with Gasteiger partial charge in [-0.3, -0.25) is 4.79 Å². The number of benzene rings is 1. The number of hydrogen-bond donors (Lipinski definition) is 1. The van der Waals surface area contributed by atoms with Crippen LogP contribution in [-0.2, 0) is 0 Å². The van der Waals surface area contributed by atoms with Crippen LogP contribution in [0.1, 0.15) is 9.67 Å². The third kappa shape index (κ3) is 3.13. The van der Waals surface area contributed by atoms with Crippen LogP contribution in [0.4, 0.5) is 5.69 Å². The van der Waals surface area contributed by atoms with Crippen LogP contribution in [0.5, 0.6) is 0 Å². The van der Waals surface area contributed by atoms with Gasteiger partial charge in [-0.1, -0.05) is 35.3 Å². The predicted octanol–water partition coefficient (Wildman–Crippen LogP) is 4.86. The number of anilines is 1. The highest BCUT2D eigenvalue weighted by molar-refractivity contribution is 7.12. The zero-order chi connectivity index (χ0) is 13.0. The number of rotatable bonds is 4. The zero-order valence-electron chi connectivity index (χ0n) is 9.19. The van der Waals surface area contributed by atoms with Gasteiger partial charge in [0.15, 0.2) is 5.78 Å². The molecule has 2 nitrogen and oxygen atoms in total. The first-order chi connectivity index (χ1) is 8.68. The highest BCUT2D eigenvalue weighted by Gasteiger charge is 2.03. The summed E-state index contributed by atoms with van der Waals surface area (Å²) in [7, 11) is 0. The van der Waals surface area contributed by atoms with Crippen molar-refractivity contribution in [2.24, 2.45) is 0 Å². The molecule has 2 aromatic rings. The van der Waals surface area contributed by atoms with Crippen molar-refractivity contribution < 1.29 is 4.79 Å². The van der Waals surface area contributed by atoms with Crippen LogP contribution in [0, 0.1) is 0 Å². The van der Waals surface area contributed by atoms with Crippen LogP contribution >= 0.6 is 34.5 Å². The minimum absolute atomic E-state index is 0.0457. The molecule has 0 unspecified atom stereocenters. The molecule has 1 N–H and O–H groups in total. The van der Waals surface area contributed by atoms with Gasteiger partial charge in [0.1, 0.15) is 0 Å². The number of carbonyl (C=O) groups is 1. The third-order valence-corrected chi connectivity index (χ3v) is 3.89.